The Morgan fingerprint density at radius 3 is 2.70 bits per heavy atom. The molecule has 20 heavy (non-hydrogen) atoms. The van der Waals surface area contributed by atoms with Gasteiger partial charge in [-0.05, 0) is 25.1 Å². The SMILES string of the molecule is Cc1cnc(NC(=O)c2cccc(NS(C)(=O)=O)c2)s1. The highest BCUT2D eigenvalue weighted by Gasteiger charge is 2.10. The molecule has 0 aliphatic rings. The van der Waals surface area contributed by atoms with Crippen molar-refractivity contribution in [1.29, 1.82) is 0 Å². The Morgan fingerprint density at radius 2 is 2.10 bits per heavy atom. The molecule has 0 aliphatic carbocycles. The summed E-state index contributed by atoms with van der Waals surface area (Å²) in [6, 6.07) is 6.25. The van der Waals surface area contributed by atoms with Gasteiger partial charge in [-0.1, -0.05) is 6.07 Å². The number of nitrogens with zero attached hydrogens (tertiary/aromatic N) is 1. The van der Waals surface area contributed by atoms with Gasteiger partial charge in [-0.15, -0.1) is 11.3 Å². The lowest BCUT2D eigenvalue weighted by Crippen LogP contribution is -2.13. The highest BCUT2D eigenvalue weighted by Crippen LogP contribution is 2.18. The second kappa shape index (κ2) is 5.59. The topological polar surface area (TPSA) is 88.2 Å². The first-order valence-corrected chi connectivity index (χ1v) is 8.36. The number of hydrogen-bond acceptors (Lipinski definition) is 5. The number of nitrogens with one attached hydrogen (secondary N) is 2. The molecule has 1 aromatic carbocycles. The number of carbonyl (C=O) groups is 1. The maximum Gasteiger partial charge on any atom is 0.257 e. The van der Waals surface area contributed by atoms with Crippen LogP contribution < -0.4 is 10.0 Å². The molecule has 1 heterocycles. The lowest BCUT2D eigenvalue weighted by atomic mass is 10.2. The predicted octanol–water partition coefficient (Wildman–Crippen LogP) is 2.08. The molecule has 0 saturated heterocycles. The van der Waals surface area contributed by atoms with Crippen LogP contribution in [-0.2, 0) is 10.0 Å². The molecule has 8 heteroatoms. The van der Waals surface area contributed by atoms with E-state index in [2.05, 4.69) is 15.0 Å². The van der Waals surface area contributed by atoms with Gasteiger partial charge in [0.2, 0.25) is 10.0 Å². The molecule has 0 spiro atoms. The van der Waals surface area contributed by atoms with E-state index in [1.807, 2.05) is 6.92 Å². The van der Waals surface area contributed by atoms with Gasteiger partial charge in [0.15, 0.2) is 5.13 Å². The van der Waals surface area contributed by atoms with E-state index in [0.717, 1.165) is 11.1 Å². The zero-order valence-electron chi connectivity index (χ0n) is 10.9. The standard InChI is InChI=1S/C12H13N3O3S2/c1-8-7-13-12(19-8)14-11(16)9-4-3-5-10(6-9)15-20(2,17)18/h3-7,15H,1-2H3,(H,13,14,16). The van der Waals surface area contributed by atoms with Gasteiger partial charge in [-0.2, -0.15) is 0 Å². The van der Waals surface area contributed by atoms with Crippen LogP contribution in [0.4, 0.5) is 10.8 Å². The molecule has 0 bridgehead atoms. The van der Waals surface area contributed by atoms with E-state index in [-0.39, 0.29) is 5.91 Å². The Kier molecular flexibility index (Phi) is 4.05. The van der Waals surface area contributed by atoms with Crippen molar-refractivity contribution in [3.8, 4) is 0 Å². The summed E-state index contributed by atoms with van der Waals surface area (Å²) in [6.07, 6.45) is 2.72. The summed E-state index contributed by atoms with van der Waals surface area (Å²) in [5, 5.41) is 3.17. The fraction of sp³-hybridized carbons (Fsp3) is 0.167. The molecule has 0 atom stereocenters. The Labute approximate surface area is 120 Å². The van der Waals surface area contributed by atoms with Gasteiger partial charge >= 0.3 is 0 Å². The summed E-state index contributed by atoms with van der Waals surface area (Å²) in [5.41, 5.74) is 0.696. The molecule has 106 valence electrons. The number of aryl methyl sites for hydroxylation is 1. The molecule has 0 saturated carbocycles. The number of amides is 1. The maximum atomic E-state index is 12.0. The van der Waals surface area contributed by atoms with E-state index in [4.69, 9.17) is 0 Å². The Bertz CT molecular complexity index is 738. The van der Waals surface area contributed by atoms with Gasteiger partial charge in [-0.25, -0.2) is 13.4 Å². The van der Waals surface area contributed by atoms with Crippen LogP contribution in [0.1, 0.15) is 15.2 Å². The smallest absolute Gasteiger partial charge is 0.257 e. The first-order chi connectivity index (χ1) is 9.33. The number of aromatic nitrogens is 1. The summed E-state index contributed by atoms with van der Waals surface area (Å²) >= 11 is 1.37. The average Bonchev–Trinajstić information content (AvgIpc) is 2.73. The van der Waals surface area contributed by atoms with Crippen molar-refractivity contribution in [3.05, 3.63) is 40.9 Å². The maximum absolute atomic E-state index is 12.0. The first-order valence-electron chi connectivity index (χ1n) is 5.65. The van der Waals surface area contributed by atoms with Crippen LogP contribution >= 0.6 is 11.3 Å². The third-order valence-corrected chi connectivity index (χ3v) is 3.70. The quantitative estimate of drug-likeness (QED) is 0.905. The molecular formula is C12H13N3O3S2. The van der Waals surface area contributed by atoms with Crippen molar-refractivity contribution in [1.82, 2.24) is 4.98 Å². The summed E-state index contributed by atoms with van der Waals surface area (Å²) in [7, 11) is -3.37. The minimum absolute atomic E-state index is 0.337. The fourth-order valence-electron chi connectivity index (χ4n) is 1.52. The summed E-state index contributed by atoms with van der Waals surface area (Å²) < 4.78 is 24.6. The molecule has 2 rings (SSSR count). The molecular weight excluding hydrogens is 298 g/mol. The zero-order chi connectivity index (χ0) is 14.8. The van der Waals surface area contributed by atoms with Gasteiger partial charge < -0.3 is 0 Å². The van der Waals surface area contributed by atoms with E-state index in [1.165, 1.54) is 17.4 Å². The first kappa shape index (κ1) is 14.5. The molecule has 2 N–H and O–H groups in total. The molecule has 2 aromatic rings. The van der Waals surface area contributed by atoms with Gasteiger partial charge in [0.25, 0.3) is 5.91 Å². The Balaban J connectivity index is 2.16. The van der Waals surface area contributed by atoms with Crippen LogP contribution in [0.5, 0.6) is 0 Å². The van der Waals surface area contributed by atoms with Gasteiger partial charge in [0.1, 0.15) is 0 Å². The highest BCUT2D eigenvalue weighted by molar-refractivity contribution is 7.92. The third-order valence-electron chi connectivity index (χ3n) is 2.27. The molecule has 0 unspecified atom stereocenters. The molecule has 0 radical (unpaired) electrons. The number of rotatable bonds is 4. The van der Waals surface area contributed by atoms with Crippen molar-refractivity contribution in [3.63, 3.8) is 0 Å². The zero-order valence-corrected chi connectivity index (χ0v) is 12.5. The van der Waals surface area contributed by atoms with Crippen LogP contribution in [0.2, 0.25) is 0 Å². The van der Waals surface area contributed by atoms with Crippen molar-refractivity contribution in [2.75, 3.05) is 16.3 Å². The van der Waals surface area contributed by atoms with E-state index in [9.17, 15) is 13.2 Å². The lowest BCUT2D eigenvalue weighted by molar-refractivity contribution is 0.102. The molecule has 6 nitrogen and oxygen atoms in total. The van der Waals surface area contributed by atoms with E-state index >= 15 is 0 Å². The number of hydrogen-bond donors (Lipinski definition) is 2. The van der Waals surface area contributed by atoms with Gasteiger partial charge in [-0.3, -0.25) is 14.8 Å². The monoisotopic (exact) mass is 311 g/mol. The van der Waals surface area contributed by atoms with Crippen LogP contribution in [0, 0.1) is 6.92 Å². The van der Waals surface area contributed by atoms with Gasteiger partial charge in [0.05, 0.1) is 6.26 Å². The Morgan fingerprint density at radius 1 is 1.35 bits per heavy atom. The predicted molar refractivity (Wildman–Crippen MR) is 79.7 cm³/mol. The highest BCUT2D eigenvalue weighted by atomic mass is 32.2. The van der Waals surface area contributed by atoms with Crippen LogP contribution in [0.25, 0.3) is 0 Å². The van der Waals surface area contributed by atoms with Crippen LogP contribution in [-0.4, -0.2) is 25.6 Å². The van der Waals surface area contributed by atoms with Crippen molar-refractivity contribution in [2.24, 2.45) is 0 Å². The molecule has 0 aliphatic heterocycles. The van der Waals surface area contributed by atoms with Crippen LogP contribution in [0.3, 0.4) is 0 Å². The minimum atomic E-state index is -3.37. The number of anilines is 2. The number of benzene rings is 1. The lowest BCUT2D eigenvalue weighted by Gasteiger charge is -2.06. The van der Waals surface area contributed by atoms with Gasteiger partial charge in [0, 0.05) is 22.3 Å². The third kappa shape index (κ3) is 4.04. The van der Waals surface area contributed by atoms with E-state index < -0.39 is 10.0 Å². The number of carbonyl (C=O) groups excluding carboxylic acids is 1. The normalized spacial score (nSPS) is 11.1. The molecule has 1 amide bonds. The second-order valence-corrected chi connectivity index (χ2v) is 7.17. The fourth-order valence-corrected chi connectivity index (χ4v) is 2.73. The van der Waals surface area contributed by atoms with E-state index in [0.29, 0.717) is 16.4 Å². The summed E-state index contributed by atoms with van der Waals surface area (Å²) in [5.74, 6) is -0.337. The second-order valence-electron chi connectivity index (χ2n) is 4.19. The average molecular weight is 311 g/mol. The largest absolute Gasteiger partial charge is 0.298 e. The van der Waals surface area contributed by atoms with Crippen LogP contribution in [0.15, 0.2) is 30.5 Å². The number of thiazole rings is 1. The molecule has 0 fully saturated rings. The Hall–Kier alpha value is -1.93. The van der Waals surface area contributed by atoms with Crippen molar-refractivity contribution in [2.45, 2.75) is 6.92 Å². The van der Waals surface area contributed by atoms with E-state index in [1.54, 1.807) is 24.4 Å². The minimum Gasteiger partial charge on any atom is -0.298 e. The van der Waals surface area contributed by atoms with Crippen molar-refractivity contribution < 1.29 is 13.2 Å². The molecule has 1 aromatic heterocycles. The number of sulfonamides is 1. The summed E-state index contributed by atoms with van der Waals surface area (Å²) in [4.78, 5) is 17.1. The summed E-state index contributed by atoms with van der Waals surface area (Å²) in [6.45, 7) is 1.89. The van der Waals surface area contributed by atoms with Crippen molar-refractivity contribution >= 4 is 38.1 Å².